The van der Waals surface area contributed by atoms with Crippen LogP contribution in [0.3, 0.4) is 0 Å². The minimum absolute atomic E-state index is 0.0391. The van der Waals surface area contributed by atoms with Gasteiger partial charge in [-0.2, -0.15) is 10.4 Å². The zero-order valence-electron chi connectivity index (χ0n) is 9.25. The van der Waals surface area contributed by atoms with Crippen LogP contribution in [-0.2, 0) is 6.54 Å². The predicted molar refractivity (Wildman–Crippen MR) is 63.7 cm³/mol. The van der Waals surface area contributed by atoms with Crippen molar-refractivity contribution in [3.8, 4) is 6.07 Å². The van der Waals surface area contributed by atoms with Crippen molar-refractivity contribution >= 4 is 11.4 Å². The molecule has 0 saturated heterocycles. The van der Waals surface area contributed by atoms with Crippen LogP contribution >= 0.6 is 0 Å². The number of nitrogens with zero attached hydrogens (tertiary/aromatic N) is 3. The highest BCUT2D eigenvalue weighted by Gasteiger charge is 2.13. The summed E-state index contributed by atoms with van der Waals surface area (Å²) in [4.78, 5) is 10.1. The fraction of sp³-hybridized carbons (Fsp3) is 0.0909. The SMILES string of the molecule is N#Cc1cc(NCc2cn[nH]c2)ccc1[N+](=O)[O-]. The molecule has 2 aromatic rings. The molecule has 7 nitrogen and oxygen atoms in total. The maximum atomic E-state index is 10.7. The van der Waals surface area contributed by atoms with E-state index in [4.69, 9.17) is 5.26 Å². The van der Waals surface area contributed by atoms with E-state index in [1.807, 2.05) is 6.07 Å². The van der Waals surface area contributed by atoms with Crippen molar-refractivity contribution < 1.29 is 4.92 Å². The van der Waals surface area contributed by atoms with E-state index in [1.54, 1.807) is 18.5 Å². The lowest BCUT2D eigenvalue weighted by Crippen LogP contribution is -2.00. The van der Waals surface area contributed by atoms with Gasteiger partial charge < -0.3 is 5.32 Å². The van der Waals surface area contributed by atoms with Gasteiger partial charge in [0, 0.05) is 30.1 Å². The van der Waals surface area contributed by atoms with E-state index in [0.29, 0.717) is 12.2 Å². The van der Waals surface area contributed by atoms with Crippen molar-refractivity contribution in [3.05, 3.63) is 51.8 Å². The number of nitro groups is 1. The number of H-pyrrole nitrogens is 1. The molecule has 2 N–H and O–H groups in total. The van der Waals surface area contributed by atoms with E-state index in [-0.39, 0.29) is 11.3 Å². The van der Waals surface area contributed by atoms with Gasteiger partial charge in [-0.1, -0.05) is 0 Å². The quantitative estimate of drug-likeness (QED) is 0.628. The van der Waals surface area contributed by atoms with Crippen LogP contribution in [0.15, 0.2) is 30.6 Å². The summed E-state index contributed by atoms with van der Waals surface area (Å²) in [6, 6.07) is 6.15. The van der Waals surface area contributed by atoms with E-state index in [1.165, 1.54) is 12.1 Å². The van der Waals surface area contributed by atoms with Gasteiger partial charge >= 0.3 is 0 Å². The van der Waals surface area contributed by atoms with Gasteiger partial charge in [0.1, 0.15) is 11.6 Å². The second kappa shape index (κ2) is 4.97. The zero-order chi connectivity index (χ0) is 13.0. The fourth-order valence-corrected chi connectivity index (χ4v) is 1.47. The summed E-state index contributed by atoms with van der Waals surface area (Å²) in [5.74, 6) is 0. The summed E-state index contributed by atoms with van der Waals surface area (Å²) in [5, 5.41) is 29.0. The van der Waals surface area contributed by atoms with Crippen molar-refractivity contribution in [3.63, 3.8) is 0 Å². The molecule has 0 amide bonds. The van der Waals surface area contributed by atoms with Crippen LogP contribution in [0.1, 0.15) is 11.1 Å². The van der Waals surface area contributed by atoms with Crippen molar-refractivity contribution in [1.82, 2.24) is 10.2 Å². The molecule has 0 aliphatic carbocycles. The highest BCUT2D eigenvalue weighted by Crippen LogP contribution is 2.22. The van der Waals surface area contributed by atoms with Crippen molar-refractivity contribution in [2.75, 3.05) is 5.32 Å². The largest absolute Gasteiger partial charge is 0.381 e. The molecule has 18 heavy (non-hydrogen) atoms. The van der Waals surface area contributed by atoms with E-state index in [9.17, 15) is 10.1 Å². The molecular weight excluding hydrogens is 234 g/mol. The first kappa shape index (κ1) is 11.6. The minimum Gasteiger partial charge on any atom is -0.381 e. The summed E-state index contributed by atoms with van der Waals surface area (Å²) in [5.41, 5.74) is 1.45. The molecule has 0 spiro atoms. The monoisotopic (exact) mass is 243 g/mol. The Hall–Kier alpha value is -2.88. The number of aromatic amines is 1. The number of nitriles is 1. The number of nitro benzene ring substituents is 1. The predicted octanol–water partition coefficient (Wildman–Crippen LogP) is 1.80. The van der Waals surface area contributed by atoms with E-state index in [2.05, 4.69) is 15.5 Å². The number of aromatic nitrogens is 2. The highest BCUT2D eigenvalue weighted by molar-refractivity contribution is 5.58. The van der Waals surface area contributed by atoms with Gasteiger partial charge in [-0.3, -0.25) is 15.2 Å². The van der Waals surface area contributed by atoms with Crippen LogP contribution in [0, 0.1) is 21.4 Å². The lowest BCUT2D eigenvalue weighted by Gasteiger charge is -2.05. The second-order valence-electron chi connectivity index (χ2n) is 3.56. The van der Waals surface area contributed by atoms with E-state index >= 15 is 0 Å². The van der Waals surface area contributed by atoms with Crippen LogP contribution in [0.25, 0.3) is 0 Å². The Kier molecular flexibility index (Phi) is 3.20. The molecule has 0 radical (unpaired) electrons. The van der Waals surface area contributed by atoms with Crippen LogP contribution in [0.5, 0.6) is 0 Å². The first-order valence-electron chi connectivity index (χ1n) is 5.11. The molecule has 2 rings (SSSR count). The number of rotatable bonds is 4. The van der Waals surface area contributed by atoms with E-state index in [0.717, 1.165) is 5.56 Å². The third-order valence-corrected chi connectivity index (χ3v) is 2.37. The summed E-state index contributed by atoms with van der Waals surface area (Å²) in [7, 11) is 0. The topological polar surface area (TPSA) is 108 Å². The number of benzene rings is 1. The first-order chi connectivity index (χ1) is 8.70. The van der Waals surface area contributed by atoms with Crippen LogP contribution in [0.4, 0.5) is 11.4 Å². The zero-order valence-corrected chi connectivity index (χ0v) is 9.25. The highest BCUT2D eigenvalue weighted by atomic mass is 16.6. The van der Waals surface area contributed by atoms with Gasteiger partial charge in [-0.05, 0) is 12.1 Å². The normalized spacial score (nSPS) is 9.72. The Labute approximate surface area is 102 Å². The molecule has 0 unspecified atom stereocenters. The van der Waals surface area contributed by atoms with E-state index < -0.39 is 4.92 Å². The Morgan fingerprint density at radius 1 is 1.56 bits per heavy atom. The van der Waals surface area contributed by atoms with Gasteiger partial charge in [-0.15, -0.1) is 0 Å². The second-order valence-corrected chi connectivity index (χ2v) is 3.56. The summed E-state index contributed by atoms with van der Waals surface area (Å²) in [6.45, 7) is 0.527. The third-order valence-electron chi connectivity index (χ3n) is 2.37. The first-order valence-corrected chi connectivity index (χ1v) is 5.11. The van der Waals surface area contributed by atoms with Crippen LogP contribution in [-0.4, -0.2) is 15.1 Å². The molecule has 0 atom stereocenters. The Morgan fingerprint density at radius 2 is 2.39 bits per heavy atom. The van der Waals surface area contributed by atoms with Crippen molar-refractivity contribution in [2.45, 2.75) is 6.54 Å². The Morgan fingerprint density at radius 3 is 3.00 bits per heavy atom. The summed E-state index contributed by atoms with van der Waals surface area (Å²) >= 11 is 0. The maximum Gasteiger partial charge on any atom is 0.287 e. The molecule has 0 aliphatic heterocycles. The molecule has 90 valence electrons. The standard InChI is InChI=1S/C11H9N5O2/c12-4-9-3-10(1-2-11(9)16(17)18)13-5-8-6-14-15-7-8/h1-3,6-7,13H,5H2,(H,14,15). The number of hydrogen-bond donors (Lipinski definition) is 2. The molecule has 0 fully saturated rings. The smallest absolute Gasteiger partial charge is 0.287 e. The summed E-state index contributed by atoms with van der Waals surface area (Å²) in [6.07, 6.45) is 3.41. The van der Waals surface area contributed by atoms with Crippen LogP contribution < -0.4 is 5.32 Å². The molecule has 1 aromatic carbocycles. The number of anilines is 1. The van der Waals surface area contributed by atoms with Gasteiger partial charge in [0.25, 0.3) is 5.69 Å². The fourth-order valence-electron chi connectivity index (χ4n) is 1.47. The van der Waals surface area contributed by atoms with Gasteiger partial charge in [0.15, 0.2) is 0 Å². The molecule has 0 bridgehead atoms. The average molecular weight is 243 g/mol. The summed E-state index contributed by atoms with van der Waals surface area (Å²) < 4.78 is 0. The average Bonchev–Trinajstić information content (AvgIpc) is 2.88. The maximum absolute atomic E-state index is 10.7. The van der Waals surface area contributed by atoms with Gasteiger partial charge in [-0.25, -0.2) is 0 Å². The third kappa shape index (κ3) is 2.44. The molecule has 1 heterocycles. The van der Waals surface area contributed by atoms with Gasteiger partial charge in [0.05, 0.1) is 11.1 Å². The number of nitrogens with one attached hydrogen (secondary N) is 2. The lowest BCUT2D eigenvalue weighted by atomic mass is 10.1. The van der Waals surface area contributed by atoms with Gasteiger partial charge in [0.2, 0.25) is 0 Å². The molecular formula is C11H9N5O2. The molecule has 0 saturated carbocycles. The molecule has 1 aromatic heterocycles. The number of hydrogen-bond acceptors (Lipinski definition) is 5. The minimum atomic E-state index is -0.571. The molecule has 7 heteroatoms. The Balaban J connectivity index is 2.15. The van der Waals surface area contributed by atoms with Crippen molar-refractivity contribution in [1.29, 1.82) is 5.26 Å². The lowest BCUT2D eigenvalue weighted by molar-refractivity contribution is -0.385. The van der Waals surface area contributed by atoms with Crippen molar-refractivity contribution in [2.24, 2.45) is 0 Å². The Bertz CT molecular complexity index is 600. The van der Waals surface area contributed by atoms with Crippen LogP contribution in [0.2, 0.25) is 0 Å². The molecule has 0 aliphatic rings.